The van der Waals surface area contributed by atoms with E-state index in [-0.39, 0.29) is 17.7 Å². The standard InChI is InChI=1S/C26H32F3N3O3/c1-34-17-12-25(33)32-21(11-10-20-6-2-3-7-22(20)32)18-30-13-15-31(16-14-30)23-8-4-5-9-24(23)35-19-26(27,28)29/h2-9,21H,10-19H2,1H3. The number of methoxy groups -OCH3 is 1. The monoisotopic (exact) mass is 491 g/mol. The quantitative estimate of drug-likeness (QED) is 0.556. The fraction of sp³-hybridized carbons (Fsp3) is 0.500. The molecule has 4 rings (SSSR count). The molecule has 1 amide bonds. The van der Waals surface area contributed by atoms with E-state index in [2.05, 4.69) is 15.9 Å². The lowest BCUT2D eigenvalue weighted by atomic mass is 9.94. The SMILES string of the molecule is COCCC(=O)N1c2ccccc2CCC1CN1CCN(c2ccccc2OCC(F)(F)F)CC1. The van der Waals surface area contributed by atoms with E-state index in [0.717, 1.165) is 38.2 Å². The zero-order valence-electron chi connectivity index (χ0n) is 20.0. The maximum Gasteiger partial charge on any atom is 0.422 e. The van der Waals surface area contributed by atoms with E-state index in [4.69, 9.17) is 9.47 Å². The molecule has 2 aliphatic heterocycles. The minimum Gasteiger partial charge on any atom is -0.482 e. The number of ether oxygens (including phenoxy) is 2. The number of hydrogen-bond acceptors (Lipinski definition) is 5. The predicted octanol–water partition coefficient (Wildman–Crippen LogP) is 4.13. The van der Waals surface area contributed by atoms with Crippen LogP contribution in [0.4, 0.5) is 24.5 Å². The van der Waals surface area contributed by atoms with Crippen LogP contribution in [0.1, 0.15) is 18.4 Å². The number of carbonyl (C=O) groups excluding carboxylic acids is 1. The highest BCUT2D eigenvalue weighted by Crippen LogP contribution is 2.33. The van der Waals surface area contributed by atoms with Crippen molar-refractivity contribution in [1.82, 2.24) is 4.90 Å². The summed E-state index contributed by atoms with van der Waals surface area (Å²) in [4.78, 5) is 19.5. The zero-order chi connectivity index (χ0) is 24.8. The maximum atomic E-state index is 13.1. The van der Waals surface area contributed by atoms with Crippen molar-refractivity contribution >= 4 is 17.3 Å². The lowest BCUT2D eigenvalue weighted by Crippen LogP contribution is -2.54. The number of aryl methyl sites for hydroxylation is 1. The number of halogens is 3. The number of hydrogen-bond donors (Lipinski definition) is 0. The molecule has 0 bridgehead atoms. The molecule has 1 fully saturated rings. The van der Waals surface area contributed by atoms with Crippen LogP contribution >= 0.6 is 0 Å². The van der Waals surface area contributed by atoms with Crippen LogP contribution < -0.4 is 14.5 Å². The predicted molar refractivity (Wildman–Crippen MR) is 129 cm³/mol. The van der Waals surface area contributed by atoms with Crippen molar-refractivity contribution in [3.05, 3.63) is 54.1 Å². The molecule has 2 aromatic carbocycles. The van der Waals surface area contributed by atoms with Gasteiger partial charge in [-0.05, 0) is 36.6 Å². The maximum absolute atomic E-state index is 13.1. The molecule has 1 atom stereocenters. The van der Waals surface area contributed by atoms with E-state index < -0.39 is 12.8 Å². The van der Waals surface area contributed by atoms with E-state index in [1.807, 2.05) is 29.2 Å². The number of alkyl halides is 3. The number of nitrogens with zero attached hydrogens (tertiary/aromatic N) is 3. The molecule has 0 radical (unpaired) electrons. The molecule has 0 N–H and O–H groups in total. The molecule has 0 saturated carbocycles. The van der Waals surface area contributed by atoms with Gasteiger partial charge in [-0.1, -0.05) is 30.3 Å². The average molecular weight is 492 g/mol. The van der Waals surface area contributed by atoms with Gasteiger partial charge in [0.1, 0.15) is 5.75 Å². The normalized spacial score (nSPS) is 18.9. The summed E-state index contributed by atoms with van der Waals surface area (Å²) >= 11 is 0. The first-order valence-corrected chi connectivity index (χ1v) is 12.0. The van der Waals surface area contributed by atoms with Gasteiger partial charge >= 0.3 is 6.18 Å². The molecule has 35 heavy (non-hydrogen) atoms. The van der Waals surface area contributed by atoms with E-state index in [1.54, 1.807) is 25.3 Å². The Hall–Kier alpha value is -2.78. The lowest BCUT2D eigenvalue weighted by molar-refractivity contribution is -0.153. The third-order valence-corrected chi connectivity index (χ3v) is 6.59. The lowest BCUT2D eigenvalue weighted by Gasteiger charge is -2.42. The summed E-state index contributed by atoms with van der Waals surface area (Å²) in [6, 6.07) is 15.0. The zero-order valence-corrected chi connectivity index (χ0v) is 20.0. The summed E-state index contributed by atoms with van der Waals surface area (Å²) in [6.07, 6.45) is -2.22. The second-order valence-corrected chi connectivity index (χ2v) is 8.99. The van der Waals surface area contributed by atoms with Gasteiger partial charge in [0.2, 0.25) is 5.91 Å². The third-order valence-electron chi connectivity index (χ3n) is 6.59. The number of anilines is 2. The number of amides is 1. The number of carbonyl (C=O) groups is 1. The highest BCUT2D eigenvalue weighted by Gasteiger charge is 2.33. The van der Waals surface area contributed by atoms with Crippen LogP contribution in [0.5, 0.6) is 5.75 Å². The van der Waals surface area contributed by atoms with E-state index in [1.165, 1.54) is 5.56 Å². The van der Waals surface area contributed by atoms with Gasteiger partial charge in [-0.3, -0.25) is 9.69 Å². The second kappa shape index (κ2) is 11.3. The van der Waals surface area contributed by atoms with Crippen molar-refractivity contribution in [2.45, 2.75) is 31.5 Å². The summed E-state index contributed by atoms with van der Waals surface area (Å²) in [5.41, 5.74) is 2.85. The van der Waals surface area contributed by atoms with Gasteiger partial charge in [0.25, 0.3) is 0 Å². The Morgan fingerprint density at radius 2 is 1.69 bits per heavy atom. The largest absolute Gasteiger partial charge is 0.482 e. The van der Waals surface area contributed by atoms with E-state index in [9.17, 15) is 18.0 Å². The van der Waals surface area contributed by atoms with E-state index in [0.29, 0.717) is 31.8 Å². The smallest absolute Gasteiger partial charge is 0.422 e. The molecule has 0 aromatic heterocycles. The van der Waals surface area contributed by atoms with Gasteiger partial charge in [0, 0.05) is 51.6 Å². The summed E-state index contributed by atoms with van der Waals surface area (Å²) in [5, 5.41) is 0. The molecular formula is C26H32F3N3O3. The Morgan fingerprint density at radius 3 is 2.40 bits per heavy atom. The molecule has 2 heterocycles. The molecular weight excluding hydrogens is 459 g/mol. The average Bonchev–Trinajstić information content (AvgIpc) is 2.86. The Kier molecular flexibility index (Phi) is 8.18. The molecule has 1 saturated heterocycles. The number of rotatable bonds is 8. The Morgan fingerprint density at radius 1 is 1.00 bits per heavy atom. The highest BCUT2D eigenvalue weighted by atomic mass is 19.4. The number of para-hydroxylation sites is 3. The van der Waals surface area contributed by atoms with Gasteiger partial charge in [-0.2, -0.15) is 13.2 Å². The first kappa shape index (κ1) is 25.3. The molecule has 2 aliphatic rings. The summed E-state index contributed by atoms with van der Waals surface area (Å²) in [6.45, 7) is 2.70. The molecule has 9 heteroatoms. The Balaban J connectivity index is 1.40. The number of piperazine rings is 1. The minimum absolute atomic E-state index is 0.0679. The van der Waals surface area contributed by atoms with Crippen molar-refractivity contribution in [1.29, 1.82) is 0 Å². The van der Waals surface area contributed by atoms with Crippen LogP contribution in [0.3, 0.4) is 0 Å². The van der Waals surface area contributed by atoms with Crippen LogP contribution in [0.2, 0.25) is 0 Å². The van der Waals surface area contributed by atoms with Crippen molar-refractivity contribution in [3.63, 3.8) is 0 Å². The molecule has 1 unspecified atom stereocenters. The van der Waals surface area contributed by atoms with Crippen LogP contribution in [-0.2, 0) is 16.0 Å². The van der Waals surface area contributed by atoms with Crippen LogP contribution in [0.15, 0.2) is 48.5 Å². The Bertz CT molecular complexity index is 993. The molecule has 0 aliphatic carbocycles. The van der Waals surface area contributed by atoms with Crippen LogP contribution in [-0.4, -0.2) is 76.1 Å². The van der Waals surface area contributed by atoms with Crippen LogP contribution in [0, 0.1) is 0 Å². The molecule has 6 nitrogen and oxygen atoms in total. The van der Waals surface area contributed by atoms with Gasteiger partial charge in [0.15, 0.2) is 6.61 Å². The molecule has 2 aromatic rings. The fourth-order valence-corrected chi connectivity index (χ4v) is 4.90. The molecule has 190 valence electrons. The topological polar surface area (TPSA) is 45.2 Å². The van der Waals surface area contributed by atoms with E-state index >= 15 is 0 Å². The van der Waals surface area contributed by atoms with Gasteiger partial charge < -0.3 is 19.3 Å². The highest BCUT2D eigenvalue weighted by molar-refractivity contribution is 5.95. The number of fused-ring (bicyclic) bond motifs is 1. The molecule has 0 spiro atoms. The van der Waals surface area contributed by atoms with Crippen LogP contribution in [0.25, 0.3) is 0 Å². The second-order valence-electron chi connectivity index (χ2n) is 8.99. The van der Waals surface area contributed by atoms with Gasteiger partial charge in [-0.15, -0.1) is 0 Å². The van der Waals surface area contributed by atoms with Crippen molar-refractivity contribution in [3.8, 4) is 5.75 Å². The number of benzene rings is 2. The first-order valence-electron chi connectivity index (χ1n) is 12.0. The van der Waals surface area contributed by atoms with Gasteiger partial charge in [-0.25, -0.2) is 0 Å². The van der Waals surface area contributed by atoms with Crippen molar-refractivity contribution < 1.29 is 27.4 Å². The summed E-state index contributed by atoms with van der Waals surface area (Å²) in [5.74, 6) is 0.315. The third kappa shape index (κ3) is 6.46. The Labute approximate surface area is 204 Å². The fourth-order valence-electron chi connectivity index (χ4n) is 4.90. The van der Waals surface area contributed by atoms with Gasteiger partial charge in [0.05, 0.1) is 18.7 Å². The van der Waals surface area contributed by atoms with Crippen molar-refractivity contribution in [2.75, 3.05) is 62.8 Å². The summed E-state index contributed by atoms with van der Waals surface area (Å²) in [7, 11) is 1.60. The first-order chi connectivity index (χ1) is 16.9. The summed E-state index contributed by atoms with van der Waals surface area (Å²) < 4.78 is 48.2. The minimum atomic E-state index is -4.38. The van der Waals surface area contributed by atoms with Crippen molar-refractivity contribution in [2.24, 2.45) is 0 Å².